The van der Waals surface area contributed by atoms with Crippen LogP contribution in [0.25, 0.3) is 11.0 Å². The molecule has 0 amide bonds. The van der Waals surface area contributed by atoms with E-state index in [2.05, 4.69) is 20.5 Å². The van der Waals surface area contributed by atoms with Gasteiger partial charge in [0.1, 0.15) is 11.5 Å². The van der Waals surface area contributed by atoms with Gasteiger partial charge < -0.3 is 19.1 Å². The largest absolute Gasteiger partial charge is 0.496 e. The molecule has 6 nitrogen and oxygen atoms in total. The van der Waals surface area contributed by atoms with Crippen LogP contribution in [0.15, 0.2) is 42.7 Å². The topological polar surface area (TPSA) is 59.8 Å². The van der Waals surface area contributed by atoms with Gasteiger partial charge in [0, 0.05) is 24.2 Å². The molecule has 0 spiro atoms. The van der Waals surface area contributed by atoms with E-state index in [1.54, 1.807) is 14.2 Å². The van der Waals surface area contributed by atoms with Crippen molar-refractivity contribution in [2.24, 2.45) is 0 Å². The van der Waals surface area contributed by atoms with Gasteiger partial charge in [0.05, 0.1) is 44.4 Å². The highest BCUT2D eigenvalue weighted by molar-refractivity contribution is 5.74. The van der Waals surface area contributed by atoms with Crippen LogP contribution >= 0.6 is 0 Å². The average molecular weight is 339 g/mol. The third-order valence-electron chi connectivity index (χ3n) is 4.74. The molecule has 2 aromatic carbocycles. The van der Waals surface area contributed by atoms with Crippen molar-refractivity contribution in [3.8, 4) is 11.5 Å². The number of methoxy groups -OCH3 is 2. The van der Waals surface area contributed by atoms with Gasteiger partial charge in [0.25, 0.3) is 0 Å². The highest BCUT2D eigenvalue weighted by Gasteiger charge is 2.29. The Balaban J connectivity index is 1.67. The Morgan fingerprint density at radius 1 is 1.12 bits per heavy atom. The van der Waals surface area contributed by atoms with Crippen LogP contribution in [0.5, 0.6) is 11.5 Å². The Labute approximate surface area is 146 Å². The van der Waals surface area contributed by atoms with Gasteiger partial charge in [-0.05, 0) is 24.3 Å². The number of hydrogen-bond donors (Lipinski definition) is 1. The summed E-state index contributed by atoms with van der Waals surface area (Å²) in [4.78, 5) is 6.62. The number of aliphatic hydroxyl groups is 1. The predicted octanol–water partition coefficient (Wildman–Crippen LogP) is 2.56. The van der Waals surface area contributed by atoms with Crippen LogP contribution in [-0.2, 0) is 13.2 Å². The van der Waals surface area contributed by atoms with Crippen molar-refractivity contribution >= 4 is 11.0 Å². The number of para-hydroxylation sites is 2. The van der Waals surface area contributed by atoms with Gasteiger partial charge in [0.2, 0.25) is 0 Å². The molecule has 130 valence electrons. The van der Waals surface area contributed by atoms with Gasteiger partial charge in [-0.25, -0.2) is 4.98 Å². The molecule has 1 aromatic heterocycles. The Hall–Kier alpha value is -2.57. The lowest BCUT2D eigenvalue weighted by atomic mass is 9.95. The lowest BCUT2D eigenvalue weighted by Gasteiger charge is -2.34. The Kier molecular flexibility index (Phi) is 4.07. The van der Waals surface area contributed by atoms with Crippen LogP contribution in [0.4, 0.5) is 0 Å². The van der Waals surface area contributed by atoms with E-state index in [1.165, 1.54) is 0 Å². The summed E-state index contributed by atoms with van der Waals surface area (Å²) in [6.07, 6.45) is 1.22. The minimum atomic E-state index is -0.622. The molecule has 0 aliphatic carbocycles. The van der Waals surface area contributed by atoms with Crippen LogP contribution in [-0.4, -0.2) is 40.3 Å². The zero-order chi connectivity index (χ0) is 17.4. The Morgan fingerprint density at radius 2 is 1.88 bits per heavy atom. The number of fused-ring (bicyclic) bond motifs is 2. The van der Waals surface area contributed by atoms with Gasteiger partial charge >= 0.3 is 0 Å². The molecule has 0 fully saturated rings. The van der Waals surface area contributed by atoms with Crippen LogP contribution < -0.4 is 9.47 Å². The first-order valence-corrected chi connectivity index (χ1v) is 8.25. The van der Waals surface area contributed by atoms with Gasteiger partial charge in [-0.1, -0.05) is 12.1 Å². The molecule has 25 heavy (non-hydrogen) atoms. The van der Waals surface area contributed by atoms with Crippen molar-refractivity contribution in [1.82, 2.24) is 14.5 Å². The second-order valence-electron chi connectivity index (χ2n) is 6.23. The lowest BCUT2D eigenvalue weighted by molar-refractivity contribution is 0.0713. The van der Waals surface area contributed by atoms with Crippen LogP contribution in [0, 0.1) is 0 Å². The fraction of sp³-hybridized carbons (Fsp3) is 0.316. The van der Waals surface area contributed by atoms with E-state index in [9.17, 15) is 5.11 Å². The lowest BCUT2D eigenvalue weighted by Crippen LogP contribution is -2.35. The average Bonchev–Trinajstić information content (AvgIpc) is 3.04. The maximum atomic E-state index is 10.7. The number of aliphatic hydroxyl groups excluding tert-OH is 1. The fourth-order valence-electron chi connectivity index (χ4n) is 3.59. The minimum absolute atomic E-state index is 0.531. The standard InChI is InChI=1S/C19H21N3O3/c1-24-17-7-8-18(25-2)19-13(17)9-21(10-16(19)23)12-22-11-20-14-5-3-4-6-15(14)22/h3-8,11,16,23H,9-10,12H2,1-2H3/t16-/m1/s1. The first-order chi connectivity index (χ1) is 12.2. The summed E-state index contributed by atoms with van der Waals surface area (Å²) in [6.45, 7) is 1.86. The monoisotopic (exact) mass is 339 g/mol. The summed E-state index contributed by atoms with van der Waals surface area (Å²) in [5.41, 5.74) is 3.86. The number of benzene rings is 2. The quantitative estimate of drug-likeness (QED) is 0.792. The van der Waals surface area contributed by atoms with Gasteiger partial charge in [-0.3, -0.25) is 4.90 Å². The smallest absolute Gasteiger partial charge is 0.125 e. The maximum Gasteiger partial charge on any atom is 0.125 e. The number of rotatable bonds is 4. The second kappa shape index (κ2) is 6.38. The number of β-amino-alcohol motifs (C(OH)–C–C–N with tert-alkyl or cyclic N) is 1. The van der Waals surface area contributed by atoms with E-state index in [4.69, 9.17) is 9.47 Å². The van der Waals surface area contributed by atoms with Crippen molar-refractivity contribution in [2.75, 3.05) is 20.8 Å². The molecule has 1 aliphatic rings. The predicted molar refractivity (Wildman–Crippen MR) is 94.6 cm³/mol. The molecular weight excluding hydrogens is 318 g/mol. The molecule has 4 rings (SSSR count). The maximum absolute atomic E-state index is 10.7. The van der Waals surface area contributed by atoms with Gasteiger partial charge in [0.15, 0.2) is 0 Å². The third kappa shape index (κ3) is 2.73. The Morgan fingerprint density at radius 3 is 2.68 bits per heavy atom. The van der Waals surface area contributed by atoms with E-state index in [0.29, 0.717) is 25.5 Å². The van der Waals surface area contributed by atoms with Crippen molar-refractivity contribution in [1.29, 1.82) is 0 Å². The molecule has 0 saturated carbocycles. The van der Waals surface area contributed by atoms with Crippen molar-refractivity contribution in [3.63, 3.8) is 0 Å². The molecule has 6 heteroatoms. The molecule has 1 N–H and O–H groups in total. The molecule has 0 unspecified atom stereocenters. The number of nitrogens with zero attached hydrogens (tertiary/aromatic N) is 3. The second-order valence-corrected chi connectivity index (χ2v) is 6.23. The Bertz CT molecular complexity index is 906. The highest BCUT2D eigenvalue weighted by Crippen LogP contribution is 2.39. The molecule has 2 heterocycles. The van der Waals surface area contributed by atoms with E-state index in [1.807, 2.05) is 36.7 Å². The summed E-state index contributed by atoms with van der Waals surface area (Å²) in [5.74, 6) is 1.48. The third-order valence-corrected chi connectivity index (χ3v) is 4.74. The first kappa shape index (κ1) is 15.9. The summed E-state index contributed by atoms with van der Waals surface area (Å²) >= 11 is 0. The molecule has 1 aliphatic heterocycles. The van der Waals surface area contributed by atoms with Crippen molar-refractivity contribution in [3.05, 3.63) is 53.9 Å². The minimum Gasteiger partial charge on any atom is -0.496 e. The summed E-state index contributed by atoms with van der Waals surface area (Å²) in [7, 11) is 3.27. The van der Waals surface area contributed by atoms with Crippen LogP contribution in [0.2, 0.25) is 0 Å². The van der Waals surface area contributed by atoms with E-state index in [0.717, 1.165) is 27.9 Å². The zero-order valence-electron chi connectivity index (χ0n) is 14.3. The van der Waals surface area contributed by atoms with Crippen LogP contribution in [0.3, 0.4) is 0 Å². The molecule has 1 atom stereocenters. The molecule has 3 aromatic rings. The molecule has 0 saturated heterocycles. The molecule has 0 radical (unpaired) electrons. The fourth-order valence-corrected chi connectivity index (χ4v) is 3.59. The normalized spacial score (nSPS) is 17.5. The van der Waals surface area contributed by atoms with E-state index < -0.39 is 6.10 Å². The van der Waals surface area contributed by atoms with Crippen molar-refractivity contribution in [2.45, 2.75) is 19.3 Å². The number of hydrogen-bond acceptors (Lipinski definition) is 5. The highest BCUT2D eigenvalue weighted by atomic mass is 16.5. The van der Waals surface area contributed by atoms with Gasteiger partial charge in [-0.15, -0.1) is 0 Å². The van der Waals surface area contributed by atoms with Gasteiger partial charge in [-0.2, -0.15) is 0 Å². The number of aromatic nitrogens is 2. The molecule has 0 bridgehead atoms. The molecular formula is C19H21N3O3. The summed E-state index contributed by atoms with van der Waals surface area (Å²) in [6, 6.07) is 11.8. The summed E-state index contributed by atoms with van der Waals surface area (Å²) in [5, 5.41) is 10.7. The number of ether oxygens (including phenoxy) is 2. The van der Waals surface area contributed by atoms with E-state index >= 15 is 0 Å². The summed E-state index contributed by atoms with van der Waals surface area (Å²) < 4.78 is 13.0. The van der Waals surface area contributed by atoms with Crippen LogP contribution in [0.1, 0.15) is 17.2 Å². The SMILES string of the molecule is COc1ccc(OC)c2c1CN(Cn1cnc3ccccc31)C[C@H]2O. The number of imidazole rings is 1. The van der Waals surface area contributed by atoms with Crippen molar-refractivity contribution < 1.29 is 14.6 Å². The van der Waals surface area contributed by atoms with E-state index in [-0.39, 0.29) is 0 Å². The zero-order valence-corrected chi connectivity index (χ0v) is 14.3. The first-order valence-electron chi connectivity index (χ1n) is 8.25.